The van der Waals surface area contributed by atoms with Crippen LogP contribution in [0.3, 0.4) is 0 Å². The maximum absolute atomic E-state index is 10.8. The third-order valence-corrected chi connectivity index (χ3v) is 5.14. The topological polar surface area (TPSA) is 45.0 Å². The lowest BCUT2D eigenvalue weighted by Gasteiger charge is -2.22. The van der Waals surface area contributed by atoms with Gasteiger partial charge in [0.25, 0.3) is 0 Å². The molecular formula is C18H34N2O. The van der Waals surface area contributed by atoms with Gasteiger partial charge in [-0.2, -0.15) is 10.2 Å². The summed E-state index contributed by atoms with van der Waals surface area (Å²) in [6, 6.07) is 0.361. The first kappa shape index (κ1) is 16.9. The van der Waals surface area contributed by atoms with E-state index in [9.17, 15) is 5.11 Å². The second-order valence-corrected chi connectivity index (χ2v) is 7.17. The molecule has 0 aromatic rings. The van der Waals surface area contributed by atoms with E-state index in [4.69, 9.17) is 0 Å². The number of rotatable bonds is 2. The molecule has 1 N–H and O–H groups in total. The Bertz CT molecular complexity index is 284. The number of nitrogens with zero attached hydrogens (tertiary/aromatic N) is 2. The molecule has 3 nitrogen and oxygen atoms in total. The zero-order valence-electron chi connectivity index (χ0n) is 13.7. The fourth-order valence-corrected chi connectivity index (χ4v) is 3.66. The molecule has 0 aromatic carbocycles. The monoisotopic (exact) mass is 294 g/mol. The van der Waals surface area contributed by atoms with Crippen LogP contribution in [0.25, 0.3) is 0 Å². The van der Waals surface area contributed by atoms with E-state index in [0.717, 1.165) is 25.7 Å². The Morgan fingerprint density at radius 3 is 1.57 bits per heavy atom. The summed E-state index contributed by atoms with van der Waals surface area (Å²) >= 11 is 0. The number of azo groups is 1. The predicted molar refractivity (Wildman–Crippen MR) is 87.5 cm³/mol. The highest BCUT2D eigenvalue weighted by Crippen LogP contribution is 2.28. The molecule has 0 amide bonds. The van der Waals surface area contributed by atoms with E-state index in [0.29, 0.717) is 6.04 Å². The number of hydrogen-bond acceptors (Lipinski definition) is 3. The van der Waals surface area contributed by atoms with Crippen molar-refractivity contribution in [2.24, 2.45) is 10.2 Å². The fourth-order valence-electron chi connectivity index (χ4n) is 3.66. The van der Waals surface area contributed by atoms with Crippen molar-refractivity contribution in [1.29, 1.82) is 0 Å². The van der Waals surface area contributed by atoms with Crippen molar-refractivity contribution in [2.75, 3.05) is 0 Å². The summed E-state index contributed by atoms with van der Waals surface area (Å²) in [5.41, 5.74) is -0.858. The van der Waals surface area contributed by atoms with Crippen LogP contribution in [0.5, 0.6) is 0 Å². The lowest BCUT2D eigenvalue weighted by atomic mass is 10.0. The summed E-state index contributed by atoms with van der Waals surface area (Å²) < 4.78 is 0. The quantitative estimate of drug-likeness (QED) is 0.646. The van der Waals surface area contributed by atoms with Crippen LogP contribution in [-0.4, -0.2) is 16.9 Å². The molecule has 2 fully saturated rings. The average molecular weight is 294 g/mol. The molecule has 0 bridgehead atoms. The van der Waals surface area contributed by atoms with Crippen molar-refractivity contribution in [3.8, 4) is 0 Å². The van der Waals surface area contributed by atoms with Crippen molar-refractivity contribution in [1.82, 2.24) is 0 Å². The van der Waals surface area contributed by atoms with Crippen molar-refractivity contribution < 1.29 is 5.11 Å². The third kappa shape index (κ3) is 6.90. The van der Waals surface area contributed by atoms with Crippen LogP contribution < -0.4 is 0 Å². The van der Waals surface area contributed by atoms with E-state index < -0.39 is 5.72 Å². The predicted octanol–water partition coefficient (Wildman–Crippen LogP) is 5.76. The standard InChI is InChI=1S/C18H34N2O/c21-18(15-11-7-3-4-8-12-16-18)20-19-17-13-9-5-1-2-6-10-14-17/h17,21H,1-16H2/b20-19+. The van der Waals surface area contributed by atoms with Crippen LogP contribution in [0.15, 0.2) is 10.2 Å². The van der Waals surface area contributed by atoms with Gasteiger partial charge in [0.1, 0.15) is 0 Å². The van der Waals surface area contributed by atoms with Gasteiger partial charge in [0.2, 0.25) is 0 Å². The van der Waals surface area contributed by atoms with Crippen molar-refractivity contribution in [3.05, 3.63) is 0 Å². The second-order valence-electron chi connectivity index (χ2n) is 7.17. The van der Waals surface area contributed by atoms with Crippen molar-refractivity contribution in [2.45, 2.75) is 114 Å². The van der Waals surface area contributed by atoms with Crippen LogP contribution in [0.1, 0.15) is 103 Å². The Morgan fingerprint density at radius 2 is 1.05 bits per heavy atom. The highest BCUT2D eigenvalue weighted by molar-refractivity contribution is 4.77. The maximum atomic E-state index is 10.8. The zero-order chi connectivity index (χ0) is 14.8. The number of hydrogen-bond donors (Lipinski definition) is 1. The van der Waals surface area contributed by atoms with Gasteiger partial charge in [-0.15, -0.1) is 0 Å². The minimum atomic E-state index is -0.858. The van der Waals surface area contributed by atoms with Crippen LogP contribution >= 0.6 is 0 Å². The SMILES string of the molecule is OC1(/N=N/C2CCCCCCCC2)CCCCCCCC1. The normalized spacial score (nSPS) is 27.1. The summed E-state index contributed by atoms with van der Waals surface area (Å²) in [7, 11) is 0. The van der Waals surface area contributed by atoms with E-state index in [1.54, 1.807) is 0 Å². The Hall–Kier alpha value is -0.440. The first-order valence-corrected chi connectivity index (χ1v) is 9.43. The molecule has 0 spiro atoms. The molecule has 3 heteroatoms. The van der Waals surface area contributed by atoms with Crippen molar-refractivity contribution >= 4 is 0 Å². The summed E-state index contributed by atoms with van der Waals surface area (Å²) in [4.78, 5) is 0. The first-order chi connectivity index (χ1) is 10.3. The van der Waals surface area contributed by atoms with Gasteiger partial charge in [0.15, 0.2) is 5.72 Å². The summed E-state index contributed by atoms with van der Waals surface area (Å²) in [6.07, 6.45) is 19.3. The molecule has 0 atom stereocenters. The molecular weight excluding hydrogens is 260 g/mol. The summed E-state index contributed by atoms with van der Waals surface area (Å²) in [5, 5.41) is 19.8. The van der Waals surface area contributed by atoms with Crippen LogP contribution in [0.2, 0.25) is 0 Å². The number of aliphatic hydroxyl groups is 1. The van der Waals surface area contributed by atoms with Gasteiger partial charge in [-0.1, -0.05) is 64.2 Å². The zero-order valence-corrected chi connectivity index (χ0v) is 13.7. The average Bonchev–Trinajstić information content (AvgIpc) is 2.68. The lowest BCUT2D eigenvalue weighted by molar-refractivity contribution is 0.0193. The molecule has 0 aliphatic heterocycles. The van der Waals surface area contributed by atoms with E-state index in [1.807, 2.05) is 0 Å². The molecule has 122 valence electrons. The third-order valence-electron chi connectivity index (χ3n) is 5.14. The molecule has 21 heavy (non-hydrogen) atoms. The molecule has 2 saturated carbocycles. The van der Waals surface area contributed by atoms with E-state index in [-0.39, 0.29) is 0 Å². The highest BCUT2D eigenvalue weighted by atomic mass is 16.3. The van der Waals surface area contributed by atoms with Crippen LogP contribution in [0.4, 0.5) is 0 Å². The van der Waals surface area contributed by atoms with E-state index in [1.165, 1.54) is 77.0 Å². The Morgan fingerprint density at radius 1 is 0.619 bits per heavy atom. The molecule has 0 radical (unpaired) electrons. The van der Waals surface area contributed by atoms with Crippen LogP contribution in [0, 0.1) is 0 Å². The van der Waals surface area contributed by atoms with Gasteiger partial charge in [-0.3, -0.25) is 0 Å². The Labute approximate surface area is 130 Å². The Balaban J connectivity index is 1.88. The molecule has 2 rings (SSSR count). The van der Waals surface area contributed by atoms with Gasteiger partial charge in [-0.05, 0) is 38.5 Å². The van der Waals surface area contributed by atoms with Gasteiger partial charge >= 0.3 is 0 Å². The molecule has 0 saturated heterocycles. The maximum Gasteiger partial charge on any atom is 0.176 e. The Kier molecular flexibility index (Phi) is 7.70. The van der Waals surface area contributed by atoms with Gasteiger partial charge in [0.05, 0.1) is 6.04 Å². The summed E-state index contributed by atoms with van der Waals surface area (Å²) in [6.45, 7) is 0. The van der Waals surface area contributed by atoms with E-state index >= 15 is 0 Å². The van der Waals surface area contributed by atoms with Crippen molar-refractivity contribution in [3.63, 3.8) is 0 Å². The highest BCUT2D eigenvalue weighted by Gasteiger charge is 2.26. The smallest absolute Gasteiger partial charge is 0.176 e. The largest absolute Gasteiger partial charge is 0.368 e. The summed E-state index contributed by atoms with van der Waals surface area (Å²) in [5.74, 6) is 0. The molecule has 0 unspecified atom stereocenters. The van der Waals surface area contributed by atoms with Gasteiger partial charge in [0, 0.05) is 0 Å². The fraction of sp³-hybridized carbons (Fsp3) is 1.00. The second kappa shape index (κ2) is 9.55. The van der Waals surface area contributed by atoms with Crippen LogP contribution in [-0.2, 0) is 0 Å². The minimum Gasteiger partial charge on any atom is -0.368 e. The molecule has 2 aliphatic rings. The molecule has 0 heterocycles. The molecule has 0 aromatic heterocycles. The first-order valence-electron chi connectivity index (χ1n) is 9.43. The minimum absolute atomic E-state index is 0.361. The molecule has 2 aliphatic carbocycles. The van der Waals surface area contributed by atoms with Gasteiger partial charge < -0.3 is 5.11 Å². The lowest BCUT2D eigenvalue weighted by Crippen LogP contribution is -2.25. The van der Waals surface area contributed by atoms with E-state index in [2.05, 4.69) is 10.2 Å². The van der Waals surface area contributed by atoms with Gasteiger partial charge in [-0.25, -0.2) is 0 Å².